The van der Waals surface area contributed by atoms with Crippen molar-refractivity contribution in [3.05, 3.63) is 65.0 Å². The minimum atomic E-state index is -0.163. The molecule has 0 spiro atoms. The Morgan fingerprint density at radius 2 is 1.61 bits per heavy atom. The second-order valence-corrected chi connectivity index (χ2v) is 8.31. The molecule has 0 aliphatic rings. The number of carbonyl (C=O) groups excluding carboxylic acids is 2. The minimum Gasteiger partial charge on any atom is -0.326 e. The van der Waals surface area contributed by atoms with Crippen LogP contribution in [0.15, 0.2) is 47.6 Å². The average molecular weight is 438 g/mol. The maximum Gasteiger partial charge on any atom is 0.234 e. The van der Waals surface area contributed by atoms with E-state index in [-0.39, 0.29) is 24.0 Å². The first-order valence-corrected chi connectivity index (χ1v) is 11.1. The molecule has 7 nitrogen and oxygen atoms in total. The summed E-state index contributed by atoms with van der Waals surface area (Å²) in [4.78, 5) is 24.6. The van der Waals surface area contributed by atoms with Crippen molar-refractivity contribution in [2.24, 2.45) is 7.05 Å². The Morgan fingerprint density at radius 1 is 0.935 bits per heavy atom. The number of benzene rings is 2. The van der Waals surface area contributed by atoms with Crippen molar-refractivity contribution in [2.75, 3.05) is 16.4 Å². The lowest BCUT2D eigenvalue weighted by Gasteiger charge is -2.08. The number of nitrogens with one attached hydrogen (secondary N) is 2. The predicted molar refractivity (Wildman–Crippen MR) is 124 cm³/mol. The molecule has 0 aliphatic carbocycles. The van der Waals surface area contributed by atoms with Crippen molar-refractivity contribution in [3.8, 4) is 0 Å². The van der Waals surface area contributed by atoms with Gasteiger partial charge >= 0.3 is 0 Å². The van der Waals surface area contributed by atoms with E-state index in [1.54, 1.807) is 11.6 Å². The zero-order valence-electron chi connectivity index (χ0n) is 18.2. The molecule has 2 amide bonds. The number of nitrogens with zero attached hydrogens (tertiary/aromatic N) is 3. The summed E-state index contributed by atoms with van der Waals surface area (Å²) in [6, 6.07) is 13.6. The summed E-state index contributed by atoms with van der Waals surface area (Å²) in [5.74, 6) is 0.463. The fourth-order valence-electron chi connectivity index (χ4n) is 2.94. The van der Waals surface area contributed by atoms with Gasteiger partial charge in [-0.05, 0) is 61.2 Å². The third-order valence-corrected chi connectivity index (χ3v) is 6.03. The van der Waals surface area contributed by atoms with Crippen molar-refractivity contribution < 1.29 is 9.59 Å². The van der Waals surface area contributed by atoms with Gasteiger partial charge in [0.1, 0.15) is 5.82 Å². The second kappa shape index (κ2) is 10.3. The Hall–Kier alpha value is -3.13. The van der Waals surface area contributed by atoms with Gasteiger partial charge in [0.2, 0.25) is 11.8 Å². The van der Waals surface area contributed by atoms with Gasteiger partial charge in [0.25, 0.3) is 0 Å². The lowest BCUT2D eigenvalue weighted by molar-refractivity contribution is -0.116. The molecule has 3 aromatic rings. The molecular weight excluding hydrogens is 410 g/mol. The molecule has 0 fully saturated rings. The van der Waals surface area contributed by atoms with Gasteiger partial charge in [0, 0.05) is 18.4 Å². The first-order valence-electron chi connectivity index (χ1n) is 10.1. The lowest BCUT2D eigenvalue weighted by Crippen LogP contribution is -2.17. The minimum absolute atomic E-state index is 0.104. The van der Waals surface area contributed by atoms with Crippen molar-refractivity contribution >= 4 is 35.0 Å². The molecule has 0 atom stereocenters. The van der Waals surface area contributed by atoms with Crippen LogP contribution in [0, 0.1) is 13.8 Å². The number of aromatic nitrogens is 3. The number of hydrogen-bond donors (Lipinski definition) is 2. The molecule has 0 saturated heterocycles. The highest BCUT2D eigenvalue weighted by Crippen LogP contribution is 2.18. The highest BCUT2D eigenvalue weighted by Gasteiger charge is 2.15. The predicted octanol–water partition coefficient (Wildman–Crippen LogP) is 3.91. The summed E-state index contributed by atoms with van der Waals surface area (Å²) in [6.45, 7) is 6.13. The molecule has 0 saturated carbocycles. The monoisotopic (exact) mass is 437 g/mol. The Labute approximate surface area is 186 Å². The van der Waals surface area contributed by atoms with Crippen molar-refractivity contribution in [3.63, 3.8) is 0 Å². The van der Waals surface area contributed by atoms with Crippen LogP contribution in [0.2, 0.25) is 0 Å². The highest BCUT2D eigenvalue weighted by molar-refractivity contribution is 7.99. The lowest BCUT2D eigenvalue weighted by atomic mass is 10.1. The number of anilines is 2. The first-order chi connectivity index (χ1) is 14.9. The molecule has 8 heteroatoms. The maximum absolute atomic E-state index is 12.4. The first kappa shape index (κ1) is 22.6. The van der Waals surface area contributed by atoms with Gasteiger partial charge in [-0.2, -0.15) is 0 Å². The Balaban J connectivity index is 1.52. The van der Waals surface area contributed by atoms with Crippen molar-refractivity contribution in [1.82, 2.24) is 14.8 Å². The number of carbonyl (C=O) groups is 2. The standard InChI is InChI=1S/C23H27N5O2S/c1-5-17-7-10-18(11-8-17)24-22(30)14-31-23-27-26-20(28(23)4)13-21(29)25-19-9-6-15(2)16(3)12-19/h6-12H,5,13-14H2,1-4H3,(H,24,30)(H,25,29). The van der Waals surface area contributed by atoms with E-state index in [1.807, 2.05) is 56.3 Å². The van der Waals surface area contributed by atoms with Crippen molar-refractivity contribution in [1.29, 1.82) is 0 Å². The number of hydrogen-bond acceptors (Lipinski definition) is 5. The molecule has 2 N–H and O–H groups in total. The second-order valence-electron chi connectivity index (χ2n) is 7.37. The number of amides is 2. The van der Waals surface area contributed by atoms with Crippen LogP contribution in [-0.2, 0) is 29.5 Å². The summed E-state index contributed by atoms with van der Waals surface area (Å²) < 4.78 is 1.74. The van der Waals surface area contributed by atoms with E-state index < -0.39 is 0 Å². The van der Waals surface area contributed by atoms with Crippen LogP contribution < -0.4 is 10.6 Å². The largest absolute Gasteiger partial charge is 0.326 e. The fraction of sp³-hybridized carbons (Fsp3) is 0.304. The highest BCUT2D eigenvalue weighted by atomic mass is 32.2. The van der Waals surface area contributed by atoms with Gasteiger partial charge in [0.15, 0.2) is 5.16 Å². The van der Waals surface area contributed by atoms with Crippen LogP contribution in [0.3, 0.4) is 0 Å². The molecular formula is C23H27N5O2S. The van der Waals surface area contributed by atoms with Crippen molar-refractivity contribution in [2.45, 2.75) is 38.8 Å². The summed E-state index contributed by atoms with van der Waals surface area (Å²) >= 11 is 1.28. The molecule has 1 heterocycles. The van der Waals surface area contributed by atoms with Crippen LogP contribution in [0.5, 0.6) is 0 Å². The topological polar surface area (TPSA) is 88.9 Å². The van der Waals surface area contributed by atoms with E-state index in [9.17, 15) is 9.59 Å². The van der Waals surface area contributed by atoms with Crippen LogP contribution in [-0.4, -0.2) is 32.3 Å². The molecule has 0 bridgehead atoms. The third kappa shape index (κ3) is 6.18. The molecule has 31 heavy (non-hydrogen) atoms. The number of thioether (sulfide) groups is 1. The average Bonchev–Trinajstić information content (AvgIpc) is 3.09. The Morgan fingerprint density at radius 3 is 2.29 bits per heavy atom. The van der Waals surface area contributed by atoms with Gasteiger partial charge in [0.05, 0.1) is 12.2 Å². The molecule has 2 aromatic carbocycles. The number of rotatable bonds is 8. The molecule has 3 rings (SSSR count). The van der Waals surface area contributed by atoms with E-state index in [0.29, 0.717) is 11.0 Å². The smallest absolute Gasteiger partial charge is 0.234 e. The fourth-order valence-corrected chi connectivity index (χ4v) is 3.67. The molecule has 0 aliphatic heterocycles. The van der Waals surface area contributed by atoms with Gasteiger partial charge in [-0.15, -0.1) is 10.2 Å². The molecule has 0 unspecified atom stereocenters. The third-order valence-electron chi connectivity index (χ3n) is 5.01. The summed E-state index contributed by atoms with van der Waals surface area (Å²) in [5.41, 5.74) is 5.04. The molecule has 1 aromatic heterocycles. The maximum atomic E-state index is 12.4. The van der Waals surface area contributed by atoms with Crippen LogP contribution in [0.25, 0.3) is 0 Å². The van der Waals surface area contributed by atoms with Gasteiger partial charge < -0.3 is 15.2 Å². The SMILES string of the molecule is CCc1ccc(NC(=O)CSc2nnc(CC(=O)Nc3ccc(C)c(C)c3)n2C)cc1. The van der Waals surface area contributed by atoms with Crippen LogP contribution in [0.1, 0.15) is 29.4 Å². The van der Waals surface area contributed by atoms with Gasteiger partial charge in [-0.25, -0.2) is 0 Å². The Kier molecular flexibility index (Phi) is 7.46. The Bertz CT molecular complexity index is 1080. The van der Waals surface area contributed by atoms with E-state index >= 15 is 0 Å². The molecule has 0 radical (unpaired) electrons. The van der Waals surface area contributed by atoms with Gasteiger partial charge in [-0.1, -0.05) is 36.9 Å². The van der Waals surface area contributed by atoms with E-state index in [1.165, 1.54) is 22.9 Å². The van der Waals surface area contributed by atoms with E-state index in [2.05, 4.69) is 27.8 Å². The van der Waals surface area contributed by atoms with Crippen LogP contribution in [0.4, 0.5) is 11.4 Å². The van der Waals surface area contributed by atoms with Crippen LogP contribution >= 0.6 is 11.8 Å². The van der Waals surface area contributed by atoms with Gasteiger partial charge in [-0.3, -0.25) is 9.59 Å². The zero-order chi connectivity index (χ0) is 22.4. The summed E-state index contributed by atoms with van der Waals surface area (Å²) in [6.07, 6.45) is 1.06. The zero-order valence-corrected chi connectivity index (χ0v) is 19.0. The normalized spacial score (nSPS) is 10.7. The molecule has 162 valence electrons. The quantitative estimate of drug-likeness (QED) is 0.522. The number of aryl methyl sites for hydroxylation is 3. The van der Waals surface area contributed by atoms with E-state index in [4.69, 9.17) is 0 Å². The van der Waals surface area contributed by atoms with E-state index in [0.717, 1.165) is 23.4 Å². The summed E-state index contributed by atoms with van der Waals surface area (Å²) in [5, 5.41) is 14.6. The summed E-state index contributed by atoms with van der Waals surface area (Å²) in [7, 11) is 1.79.